The lowest BCUT2D eigenvalue weighted by atomic mass is 10.1. The first kappa shape index (κ1) is 18.7. The monoisotopic (exact) mass is 439 g/mol. The van der Waals surface area contributed by atoms with Gasteiger partial charge in [-0.05, 0) is 30.2 Å². The number of benzene rings is 2. The first-order valence-electron chi connectivity index (χ1n) is 6.56. The average molecular weight is 441 g/mol. The van der Waals surface area contributed by atoms with E-state index in [1.165, 1.54) is 12.1 Å². The minimum Gasteiger partial charge on any atom is -0.241 e. The summed E-state index contributed by atoms with van der Waals surface area (Å²) in [6.45, 7) is 1.36. The fraction of sp³-hybridized carbons (Fsp3) is 0.200. The molecule has 1 N–H and O–H groups in total. The Bertz CT molecular complexity index is 807. The number of halogens is 4. The second kappa shape index (κ2) is 7.49. The molecule has 0 aliphatic carbocycles. The van der Waals surface area contributed by atoms with Crippen LogP contribution in [0.4, 0.5) is 4.39 Å². The van der Waals surface area contributed by atoms with E-state index in [2.05, 4.69) is 20.7 Å². The van der Waals surface area contributed by atoms with E-state index in [-0.39, 0.29) is 14.9 Å². The van der Waals surface area contributed by atoms with Crippen LogP contribution in [0.5, 0.6) is 0 Å². The van der Waals surface area contributed by atoms with Crippen LogP contribution in [0, 0.1) is 6.92 Å². The topological polar surface area (TPSA) is 46.2 Å². The van der Waals surface area contributed by atoms with E-state index in [0.717, 1.165) is 5.56 Å². The molecule has 8 heteroatoms. The van der Waals surface area contributed by atoms with E-state index >= 15 is 0 Å². The van der Waals surface area contributed by atoms with Crippen LogP contribution >= 0.6 is 39.1 Å². The zero-order valence-corrected chi connectivity index (χ0v) is 15.9. The highest BCUT2D eigenvalue weighted by Crippen LogP contribution is 2.33. The summed E-state index contributed by atoms with van der Waals surface area (Å²) in [4.78, 5) is -0.263. The summed E-state index contributed by atoms with van der Waals surface area (Å²) in [7, 11) is -4.03. The lowest BCUT2D eigenvalue weighted by Gasteiger charge is -2.14. The fourth-order valence-electron chi connectivity index (χ4n) is 2.09. The molecule has 0 aliphatic rings. The summed E-state index contributed by atoms with van der Waals surface area (Å²) in [6.07, 6.45) is -1.47. The molecule has 2 rings (SSSR count). The summed E-state index contributed by atoms with van der Waals surface area (Å²) in [6, 6.07) is 9.70. The second-order valence-electron chi connectivity index (χ2n) is 4.87. The second-order valence-corrected chi connectivity index (χ2v) is 8.31. The molecule has 3 nitrogen and oxygen atoms in total. The number of alkyl halides is 1. The third-order valence-corrected chi connectivity index (χ3v) is 6.01. The first-order valence-corrected chi connectivity index (χ1v) is 9.59. The SMILES string of the molecule is Cc1ccccc1[C@H](F)CNS(=O)(=O)c1c(Cl)cc(Br)cc1Cl. The van der Waals surface area contributed by atoms with Crippen LogP contribution in [0.25, 0.3) is 0 Å². The Morgan fingerprint density at radius 1 is 1.22 bits per heavy atom. The van der Waals surface area contributed by atoms with Crippen LogP contribution in [-0.4, -0.2) is 15.0 Å². The molecule has 0 heterocycles. The van der Waals surface area contributed by atoms with Gasteiger partial charge >= 0.3 is 0 Å². The molecule has 0 saturated carbocycles. The van der Waals surface area contributed by atoms with E-state index in [1.54, 1.807) is 31.2 Å². The lowest BCUT2D eigenvalue weighted by molar-refractivity contribution is 0.342. The van der Waals surface area contributed by atoms with Crippen molar-refractivity contribution in [3.05, 3.63) is 62.0 Å². The Kier molecular flexibility index (Phi) is 6.08. The number of hydrogen-bond donors (Lipinski definition) is 1. The minimum absolute atomic E-state index is 0.0387. The molecule has 124 valence electrons. The number of sulfonamides is 1. The quantitative estimate of drug-likeness (QED) is 0.706. The average Bonchev–Trinajstić information content (AvgIpc) is 2.44. The molecular formula is C15H13BrCl2FNO2S. The Morgan fingerprint density at radius 3 is 2.35 bits per heavy atom. The van der Waals surface area contributed by atoms with Crippen molar-refractivity contribution in [2.75, 3.05) is 6.54 Å². The van der Waals surface area contributed by atoms with E-state index in [0.29, 0.717) is 10.0 Å². The number of nitrogens with one attached hydrogen (secondary N) is 1. The van der Waals surface area contributed by atoms with Crippen molar-refractivity contribution in [1.29, 1.82) is 0 Å². The van der Waals surface area contributed by atoms with Gasteiger partial charge in [0.1, 0.15) is 11.1 Å². The van der Waals surface area contributed by atoms with E-state index in [9.17, 15) is 12.8 Å². The van der Waals surface area contributed by atoms with E-state index < -0.39 is 22.7 Å². The molecular weight excluding hydrogens is 428 g/mol. The summed E-state index contributed by atoms with van der Waals surface area (Å²) < 4.78 is 41.8. The zero-order chi connectivity index (χ0) is 17.2. The summed E-state index contributed by atoms with van der Waals surface area (Å²) in [5.74, 6) is 0. The summed E-state index contributed by atoms with van der Waals surface area (Å²) in [5, 5.41) is -0.0775. The third kappa shape index (κ3) is 4.45. The van der Waals surface area contributed by atoms with Gasteiger partial charge in [-0.3, -0.25) is 0 Å². The molecule has 2 aromatic rings. The molecule has 0 aliphatic heterocycles. The van der Waals surface area contributed by atoms with Gasteiger partial charge in [-0.15, -0.1) is 0 Å². The minimum atomic E-state index is -4.03. The number of aryl methyl sites for hydroxylation is 1. The molecule has 0 aromatic heterocycles. The molecule has 0 unspecified atom stereocenters. The highest BCUT2D eigenvalue weighted by molar-refractivity contribution is 9.10. The van der Waals surface area contributed by atoms with Gasteiger partial charge in [-0.25, -0.2) is 17.5 Å². The maximum absolute atomic E-state index is 14.3. The highest BCUT2D eigenvalue weighted by atomic mass is 79.9. The Labute approximate surface area is 153 Å². The van der Waals surface area contributed by atoms with Gasteiger partial charge in [0.05, 0.1) is 10.0 Å². The molecule has 1 atom stereocenters. The van der Waals surface area contributed by atoms with Gasteiger partial charge in [0, 0.05) is 11.0 Å². The van der Waals surface area contributed by atoms with Crippen LogP contribution < -0.4 is 4.72 Å². The van der Waals surface area contributed by atoms with E-state index in [4.69, 9.17) is 23.2 Å². The molecule has 0 amide bonds. The van der Waals surface area contributed by atoms with E-state index in [1.807, 2.05) is 0 Å². The van der Waals surface area contributed by atoms with Crippen molar-refractivity contribution in [2.45, 2.75) is 18.0 Å². The Morgan fingerprint density at radius 2 is 1.78 bits per heavy atom. The maximum Gasteiger partial charge on any atom is 0.243 e. The first-order chi connectivity index (χ1) is 10.7. The maximum atomic E-state index is 14.3. The van der Waals surface area contributed by atoms with Gasteiger partial charge in [-0.2, -0.15) is 0 Å². The third-order valence-electron chi connectivity index (χ3n) is 3.21. The molecule has 23 heavy (non-hydrogen) atoms. The van der Waals surface area contributed by atoms with Gasteiger partial charge in [0.15, 0.2) is 0 Å². The lowest BCUT2D eigenvalue weighted by Crippen LogP contribution is -2.28. The number of hydrogen-bond acceptors (Lipinski definition) is 2. The van der Waals surface area contributed by atoms with Crippen molar-refractivity contribution in [2.24, 2.45) is 0 Å². The van der Waals surface area contributed by atoms with Crippen LogP contribution in [0.3, 0.4) is 0 Å². The predicted octanol–water partition coefficient (Wildman–Crippen LogP) is 5.05. The highest BCUT2D eigenvalue weighted by Gasteiger charge is 2.24. The Balaban J connectivity index is 2.22. The van der Waals surface area contributed by atoms with Crippen molar-refractivity contribution >= 4 is 49.2 Å². The summed E-state index contributed by atoms with van der Waals surface area (Å²) in [5.41, 5.74) is 1.18. The molecule has 0 spiro atoms. The Hall–Kier alpha value is -0.660. The molecule has 0 bridgehead atoms. The van der Waals surface area contributed by atoms with Crippen LogP contribution in [-0.2, 0) is 10.0 Å². The predicted molar refractivity (Wildman–Crippen MR) is 94.4 cm³/mol. The van der Waals surface area contributed by atoms with Crippen LogP contribution in [0.15, 0.2) is 45.8 Å². The summed E-state index contributed by atoms with van der Waals surface area (Å²) >= 11 is 15.1. The normalized spacial score (nSPS) is 13.1. The van der Waals surface area contributed by atoms with Crippen molar-refractivity contribution in [1.82, 2.24) is 4.72 Å². The van der Waals surface area contributed by atoms with Crippen molar-refractivity contribution in [3.8, 4) is 0 Å². The molecule has 0 radical (unpaired) electrons. The zero-order valence-electron chi connectivity index (χ0n) is 12.0. The van der Waals surface area contributed by atoms with Crippen molar-refractivity contribution < 1.29 is 12.8 Å². The van der Waals surface area contributed by atoms with Gasteiger partial charge in [0.25, 0.3) is 0 Å². The van der Waals surface area contributed by atoms with Crippen LogP contribution in [0.1, 0.15) is 17.3 Å². The largest absolute Gasteiger partial charge is 0.243 e. The molecule has 0 saturated heterocycles. The van der Waals surface area contributed by atoms with Gasteiger partial charge in [-0.1, -0.05) is 63.4 Å². The van der Waals surface area contributed by atoms with Crippen molar-refractivity contribution in [3.63, 3.8) is 0 Å². The molecule has 2 aromatic carbocycles. The standard InChI is InChI=1S/C15H13BrCl2FNO2S/c1-9-4-2-3-5-11(9)14(19)8-20-23(21,22)15-12(17)6-10(16)7-13(15)18/h2-7,14,20H,8H2,1H3/t14-/m1/s1. The molecule has 0 fully saturated rings. The fourth-order valence-corrected chi connectivity index (χ4v) is 5.05. The van der Waals surface area contributed by atoms with Gasteiger partial charge < -0.3 is 0 Å². The van der Waals surface area contributed by atoms with Crippen LogP contribution in [0.2, 0.25) is 10.0 Å². The smallest absolute Gasteiger partial charge is 0.241 e. The number of rotatable bonds is 5. The van der Waals surface area contributed by atoms with Gasteiger partial charge in [0.2, 0.25) is 10.0 Å².